The lowest BCUT2D eigenvalue weighted by molar-refractivity contribution is 0.414. The molecule has 0 amide bonds. The standard InChI is InChI=1S/C20H17NO4S2/c1-23-16-11-13-19(14-12-16)27(22)25-18-9-7-17(8-10-18)24-20(26)21-15-5-3-2-4-6-15/h2-14H,1H3,(H,21,26). The highest BCUT2D eigenvalue weighted by molar-refractivity contribution is 7.80. The molecule has 1 atom stereocenters. The summed E-state index contributed by atoms with van der Waals surface area (Å²) in [5.41, 5.74) is 0.845. The minimum absolute atomic E-state index is 0.233. The van der Waals surface area contributed by atoms with Gasteiger partial charge in [0, 0.05) is 5.69 Å². The number of ether oxygens (including phenoxy) is 2. The lowest BCUT2D eigenvalue weighted by atomic mass is 10.3. The lowest BCUT2D eigenvalue weighted by Gasteiger charge is -2.10. The fourth-order valence-electron chi connectivity index (χ4n) is 2.16. The molecular formula is C20H17NO4S2. The average Bonchev–Trinajstić information content (AvgIpc) is 2.70. The zero-order valence-corrected chi connectivity index (χ0v) is 16.1. The van der Waals surface area contributed by atoms with Gasteiger partial charge in [-0.3, -0.25) is 0 Å². The van der Waals surface area contributed by atoms with Crippen LogP contribution in [-0.4, -0.2) is 16.5 Å². The van der Waals surface area contributed by atoms with Crippen LogP contribution in [0, 0.1) is 0 Å². The van der Waals surface area contributed by atoms with E-state index in [-0.39, 0.29) is 5.17 Å². The van der Waals surface area contributed by atoms with E-state index >= 15 is 0 Å². The Morgan fingerprint density at radius 3 is 2.07 bits per heavy atom. The maximum atomic E-state index is 12.3. The van der Waals surface area contributed by atoms with Gasteiger partial charge < -0.3 is 19.0 Å². The van der Waals surface area contributed by atoms with Crippen molar-refractivity contribution in [3.8, 4) is 17.2 Å². The summed E-state index contributed by atoms with van der Waals surface area (Å²) < 4.78 is 28.4. The van der Waals surface area contributed by atoms with E-state index in [9.17, 15) is 4.21 Å². The molecule has 0 aliphatic rings. The number of hydrogen-bond acceptors (Lipinski definition) is 5. The highest BCUT2D eigenvalue weighted by atomic mass is 32.2. The van der Waals surface area contributed by atoms with Crippen LogP contribution in [0.15, 0.2) is 83.8 Å². The molecule has 5 nitrogen and oxygen atoms in total. The summed E-state index contributed by atoms with van der Waals surface area (Å²) in [6, 6.07) is 23.1. The van der Waals surface area contributed by atoms with Crippen LogP contribution in [0.2, 0.25) is 0 Å². The minimum atomic E-state index is -1.62. The van der Waals surface area contributed by atoms with Gasteiger partial charge in [0.2, 0.25) is 11.1 Å². The van der Waals surface area contributed by atoms with E-state index in [0.717, 1.165) is 5.69 Å². The van der Waals surface area contributed by atoms with E-state index in [2.05, 4.69) is 5.32 Å². The molecule has 27 heavy (non-hydrogen) atoms. The topological polar surface area (TPSA) is 56.8 Å². The van der Waals surface area contributed by atoms with Gasteiger partial charge in [-0.15, -0.1) is 0 Å². The van der Waals surface area contributed by atoms with E-state index in [1.165, 1.54) is 0 Å². The van der Waals surface area contributed by atoms with Crippen molar-refractivity contribution in [3.05, 3.63) is 78.9 Å². The number of methoxy groups -OCH3 is 1. The first-order valence-corrected chi connectivity index (χ1v) is 9.50. The van der Waals surface area contributed by atoms with E-state index in [1.807, 2.05) is 30.3 Å². The Hall–Kier alpha value is -2.90. The second-order valence-electron chi connectivity index (χ2n) is 5.35. The predicted octanol–water partition coefficient (Wildman–Crippen LogP) is 4.57. The molecule has 0 saturated carbocycles. The largest absolute Gasteiger partial charge is 0.497 e. The number of hydrogen-bond donors (Lipinski definition) is 1. The van der Waals surface area contributed by atoms with Crippen LogP contribution in [0.3, 0.4) is 0 Å². The maximum Gasteiger partial charge on any atom is 0.266 e. The van der Waals surface area contributed by atoms with Crippen LogP contribution in [0.25, 0.3) is 0 Å². The van der Waals surface area contributed by atoms with E-state index in [1.54, 1.807) is 55.6 Å². The van der Waals surface area contributed by atoms with Gasteiger partial charge in [-0.25, -0.2) is 4.21 Å². The van der Waals surface area contributed by atoms with Crippen LogP contribution in [0.5, 0.6) is 17.2 Å². The van der Waals surface area contributed by atoms with E-state index in [4.69, 9.17) is 25.9 Å². The smallest absolute Gasteiger partial charge is 0.266 e. The van der Waals surface area contributed by atoms with Gasteiger partial charge in [0.1, 0.15) is 17.2 Å². The molecule has 0 radical (unpaired) electrons. The zero-order chi connectivity index (χ0) is 19.1. The van der Waals surface area contributed by atoms with Crippen LogP contribution in [0.4, 0.5) is 5.69 Å². The SMILES string of the molecule is COc1ccc(S(=O)Oc2ccc(OC(=S)Nc3ccccc3)cc2)cc1. The summed E-state index contributed by atoms with van der Waals surface area (Å²) in [5.74, 6) is 1.70. The molecule has 3 aromatic rings. The van der Waals surface area contributed by atoms with E-state index in [0.29, 0.717) is 22.1 Å². The summed E-state index contributed by atoms with van der Waals surface area (Å²) in [6.45, 7) is 0. The third kappa shape index (κ3) is 5.54. The molecular weight excluding hydrogens is 382 g/mol. The van der Waals surface area contributed by atoms with Gasteiger partial charge in [0.15, 0.2) is 0 Å². The number of anilines is 1. The van der Waals surface area contributed by atoms with Crippen molar-refractivity contribution in [3.63, 3.8) is 0 Å². The highest BCUT2D eigenvalue weighted by Gasteiger charge is 2.08. The van der Waals surface area contributed by atoms with Crippen LogP contribution >= 0.6 is 12.2 Å². The molecule has 0 bridgehead atoms. The first kappa shape index (κ1) is 18.9. The normalized spacial score (nSPS) is 11.3. The van der Waals surface area contributed by atoms with Crippen molar-refractivity contribution in [1.82, 2.24) is 0 Å². The Labute approximate surface area is 165 Å². The van der Waals surface area contributed by atoms with Gasteiger partial charge in [-0.1, -0.05) is 18.2 Å². The molecule has 0 aromatic heterocycles. The van der Waals surface area contributed by atoms with Crippen molar-refractivity contribution in [1.29, 1.82) is 0 Å². The molecule has 1 unspecified atom stereocenters. The monoisotopic (exact) mass is 399 g/mol. The molecule has 0 spiro atoms. The van der Waals surface area contributed by atoms with Gasteiger partial charge in [0.25, 0.3) is 5.17 Å². The lowest BCUT2D eigenvalue weighted by Crippen LogP contribution is -2.16. The number of para-hydroxylation sites is 1. The number of thiocarbonyl (C=S) groups is 1. The van der Waals surface area contributed by atoms with Crippen molar-refractivity contribution in [2.45, 2.75) is 4.90 Å². The Morgan fingerprint density at radius 2 is 1.44 bits per heavy atom. The van der Waals surface area contributed by atoms with Crippen molar-refractivity contribution in [2.75, 3.05) is 12.4 Å². The van der Waals surface area contributed by atoms with Crippen molar-refractivity contribution >= 4 is 34.2 Å². The number of nitrogens with one attached hydrogen (secondary N) is 1. The van der Waals surface area contributed by atoms with E-state index < -0.39 is 11.1 Å². The minimum Gasteiger partial charge on any atom is -0.497 e. The summed E-state index contributed by atoms with van der Waals surface area (Å²) in [4.78, 5) is 0.546. The van der Waals surface area contributed by atoms with Gasteiger partial charge in [-0.2, -0.15) is 0 Å². The summed E-state index contributed by atoms with van der Waals surface area (Å²) in [6.07, 6.45) is 0. The first-order chi connectivity index (χ1) is 13.1. The molecule has 3 aromatic carbocycles. The summed E-state index contributed by atoms with van der Waals surface area (Å²) >= 11 is 3.56. The zero-order valence-electron chi connectivity index (χ0n) is 14.5. The van der Waals surface area contributed by atoms with Gasteiger partial charge in [-0.05, 0) is 72.9 Å². The summed E-state index contributed by atoms with van der Waals surface area (Å²) in [7, 11) is 1.58. The summed E-state index contributed by atoms with van der Waals surface area (Å²) in [5, 5.41) is 3.22. The number of benzene rings is 3. The second-order valence-corrected chi connectivity index (χ2v) is 6.82. The molecule has 0 saturated heterocycles. The quantitative estimate of drug-likeness (QED) is 0.613. The van der Waals surface area contributed by atoms with Crippen molar-refractivity contribution in [2.24, 2.45) is 0 Å². The molecule has 0 aliphatic heterocycles. The molecule has 7 heteroatoms. The third-order valence-corrected chi connectivity index (χ3v) is 4.66. The molecule has 0 heterocycles. The highest BCUT2D eigenvalue weighted by Crippen LogP contribution is 2.21. The predicted molar refractivity (Wildman–Crippen MR) is 110 cm³/mol. The Bertz CT molecular complexity index is 913. The molecule has 1 N–H and O–H groups in total. The molecule has 3 rings (SSSR count). The average molecular weight is 399 g/mol. The molecule has 138 valence electrons. The van der Waals surface area contributed by atoms with Gasteiger partial charge >= 0.3 is 0 Å². The Kier molecular flexibility index (Phi) is 6.40. The Morgan fingerprint density at radius 1 is 0.852 bits per heavy atom. The van der Waals surface area contributed by atoms with Crippen LogP contribution in [0.1, 0.15) is 0 Å². The maximum absolute atomic E-state index is 12.3. The molecule has 0 fully saturated rings. The fourth-order valence-corrected chi connectivity index (χ4v) is 3.11. The number of rotatable bonds is 6. The van der Waals surface area contributed by atoms with Gasteiger partial charge in [0.05, 0.1) is 12.0 Å². The second kappa shape index (κ2) is 9.16. The third-order valence-electron chi connectivity index (χ3n) is 3.48. The fraction of sp³-hybridized carbons (Fsp3) is 0.0500. The van der Waals surface area contributed by atoms with Crippen molar-refractivity contribution < 1.29 is 17.9 Å². The first-order valence-electron chi connectivity index (χ1n) is 8.02. The molecule has 0 aliphatic carbocycles. The van der Waals surface area contributed by atoms with Crippen LogP contribution in [-0.2, 0) is 11.1 Å². The van der Waals surface area contributed by atoms with Crippen LogP contribution < -0.4 is 19.0 Å². The Balaban J connectivity index is 1.56.